The van der Waals surface area contributed by atoms with Crippen LogP contribution < -0.4 is 24.6 Å². The SMILES string of the molecule is COc1ccc2c(c1)OCC(C1=CC=CCC1)C2c1ccc(N2CCC(CN3CCN(c4ccc5c(c4)C(=O)N(C4CCC(=O)NC4=O)C5=O)CC3)CC2)c(F)c1. The number of anilines is 2. The first-order valence-corrected chi connectivity index (χ1v) is 20.3. The van der Waals surface area contributed by atoms with Gasteiger partial charge in [-0.1, -0.05) is 35.9 Å². The largest absolute Gasteiger partial charge is 0.497 e. The van der Waals surface area contributed by atoms with E-state index < -0.39 is 29.7 Å². The van der Waals surface area contributed by atoms with Crippen LogP contribution in [0.15, 0.2) is 78.4 Å². The second-order valence-corrected chi connectivity index (χ2v) is 16.1. The van der Waals surface area contributed by atoms with Gasteiger partial charge in [-0.25, -0.2) is 4.39 Å². The van der Waals surface area contributed by atoms with Crippen molar-refractivity contribution in [3.8, 4) is 11.5 Å². The Kier molecular flexibility index (Phi) is 10.1. The van der Waals surface area contributed by atoms with Gasteiger partial charge in [0.2, 0.25) is 11.8 Å². The van der Waals surface area contributed by atoms with Crippen LogP contribution in [-0.2, 0) is 9.59 Å². The highest BCUT2D eigenvalue weighted by molar-refractivity contribution is 6.23. The number of methoxy groups -OCH3 is 1. The van der Waals surface area contributed by atoms with Crippen LogP contribution in [0.3, 0.4) is 0 Å². The molecule has 0 saturated carbocycles. The Morgan fingerprint density at radius 2 is 1.65 bits per heavy atom. The zero-order chi connectivity index (χ0) is 39.2. The van der Waals surface area contributed by atoms with Gasteiger partial charge >= 0.3 is 0 Å². The van der Waals surface area contributed by atoms with Gasteiger partial charge < -0.3 is 19.3 Å². The number of hydrogen-bond acceptors (Lipinski definition) is 9. The van der Waals surface area contributed by atoms with Gasteiger partial charge in [0.05, 0.1) is 30.5 Å². The van der Waals surface area contributed by atoms with Crippen molar-refractivity contribution < 1.29 is 33.0 Å². The Morgan fingerprint density at radius 1 is 0.842 bits per heavy atom. The van der Waals surface area contributed by atoms with Crippen LogP contribution in [0.2, 0.25) is 0 Å². The number of piperazine rings is 1. The summed E-state index contributed by atoms with van der Waals surface area (Å²) in [7, 11) is 1.65. The molecule has 12 heteroatoms. The van der Waals surface area contributed by atoms with E-state index in [2.05, 4.69) is 50.4 Å². The smallest absolute Gasteiger partial charge is 0.262 e. The average molecular weight is 774 g/mol. The Morgan fingerprint density at radius 3 is 2.39 bits per heavy atom. The molecular weight excluding hydrogens is 726 g/mol. The minimum Gasteiger partial charge on any atom is -0.497 e. The summed E-state index contributed by atoms with van der Waals surface area (Å²) < 4.78 is 27.9. The first-order chi connectivity index (χ1) is 27.7. The maximum atomic E-state index is 16.2. The van der Waals surface area contributed by atoms with E-state index in [0.717, 1.165) is 105 Å². The number of benzene rings is 3. The molecule has 9 rings (SSSR count). The molecule has 5 aliphatic heterocycles. The summed E-state index contributed by atoms with van der Waals surface area (Å²) in [6.45, 7) is 6.46. The molecule has 3 aromatic carbocycles. The quantitative estimate of drug-likeness (QED) is 0.289. The number of hydrogen-bond donors (Lipinski definition) is 1. The van der Waals surface area contributed by atoms with Crippen LogP contribution in [0, 0.1) is 17.7 Å². The molecule has 3 saturated heterocycles. The molecule has 6 aliphatic rings. The number of nitrogens with one attached hydrogen (secondary N) is 1. The second kappa shape index (κ2) is 15.5. The number of fused-ring (bicyclic) bond motifs is 2. The average Bonchev–Trinajstić information content (AvgIpc) is 3.48. The summed E-state index contributed by atoms with van der Waals surface area (Å²) in [4.78, 5) is 58.5. The topological polar surface area (TPSA) is 112 Å². The lowest BCUT2D eigenvalue weighted by atomic mass is 9.74. The Bertz CT molecular complexity index is 2170. The molecule has 5 heterocycles. The highest BCUT2D eigenvalue weighted by Gasteiger charge is 2.45. The van der Waals surface area contributed by atoms with Crippen molar-refractivity contribution in [2.75, 3.05) is 69.3 Å². The van der Waals surface area contributed by atoms with Gasteiger partial charge in [0.15, 0.2) is 0 Å². The zero-order valence-electron chi connectivity index (χ0n) is 32.3. The van der Waals surface area contributed by atoms with Crippen molar-refractivity contribution in [2.24, 2.45) is 11.8 Å². The molecule has 57 heavy (non-hydrogen) atoms. The first kappa shape index (κ1) is 37.1. The predicted molar refractivity (Wildman–Crippen MR) is 213 cm³/mol. The molecule has 296 valence electrons. The van der Waals surface area contributed by atoms with Crippen molar-refractivity contribution in [1.29, 1.82) is 0 Å². The minimum absolute atomic E-state index is 0.0168. The van der Waals surface area contributed by atoms with Crippen LogP contribution in [0.4, 0.5) is 15.8 Å². The van der Waals surface area contributed by atoms with Gasteiger partial charge in [-0.05, 0) is 80.0 Å². The van der Waals surface area contributed by atoms with E-state index in [-0.39, 0.29) is 30.5 Å². The highest BCUT2D eigenvalue weighted by Crippen LogP contribution is 2.47. The Labute approximate surface area is 332 Å². The fourth-order valence-electron chi connectivity index (χ4n) is 9.72. The number of amides is 4. The first-order valence-electron chi connectivity index (χ1n) is 20.3. The van der Waals surface area contributed by atoms with Gasteiger partial charge in [0.1, 0.15) is 23.4 Å². The molecule has 4 amide bonds. The van der Waals surface area contributed by atoms with Gasteiger partial charge in [-0.15, -0.1) is 0 Å². The molecule has 1 aliphatic carbocycles. The van der Waals surface area contributed by atoms with Gasteiger partial charge in [-0.3, -0.25) is 34.3 Å². The van der Waals surface area contributed by atoms with Crippen LogP contribution in [0.1, 0.15) is 76.3 Å². The van der Waals surface area contributed by atoms with E-state index in [0.29, 0.717) is 29.3 Å². The van der Waals surface area contributed by atoms with E-state index in [9.17, 15) is 19.2 Å². The fourth-order valence-corrected chi connectivity index (χ4v) is 9.72. The number of carbonyl (C=O) groups is 4. The number of rotatable bonds is 8. The van der Waals surface area contributed by atoms with Crippen molar-refractivity contribution in [2.45, 2.75) is 50.5 Å². The lowest BCUT2D eigenvalue weighted by Crippen LogP contribution is -2.54. The van der Waals surface area contributed by atoms with Crippen LogP contribution in [0.25, 0.3) is 0 Å². The summed E-state index contributed by atoms with van der Waals surface area (Å²) in [5, 5.41) is 2.25. The third-order valence-corrected chi connectivity index (χ3v) is 12.9. The number of halogens is 1. The van der Waals surface area contributed by atoms with E-state index in [1.54, 1.807) is 25.3 Å². The zero-order valence-corrected chi connectivity index (χ0v) is 32.3. The third kappa shape index (κ3) is 7.09. The van der Waals surface area contributed by atoms with E-state index in [1.807, 2.05) is 24.3 Å². The lowest BCUT2D eigenvalue weighted by molar-refractivity contribution is -0.136. The molecule has 1 N–H and O–H groups in total. The van der Waals surface area contributed by atoms with Crippen LogP contribution >= 0.6 is 0 Å². The van der Waals surface area contributed by atoms with Crippen molar-refractivity contribution in [1.82, 2.24) is 15.1 Å². The molecule has 0 aromatic heterocycles. The molecule has 0 radical (unpaired) electrons. The standard InChI is InChI=1S/C45H48FN5O6/c1-56-32-9-11-34-40(25-32)57-27-36(29-5-3-2-4-6-29)42(34)30-7-12-38(37(46)23-30)50-17-15-28(16-18-50)26-48-19-21-49(22-20-48)31-8-10-33-35(24-31)45(55)51(44(33)54)39-13-14-41(52)47-43(39)53/h2-3,5,7-12,23-25,28,36,39,42H,4,6,13-22,26-27H2,1H3,(H,47,52,53). The van der Waals surface area contributed by atoms with Crippen LogP contribution in [0.5, 0.6) is 11.5 Å². The maximum absolute atomic E-state index is 16.2. The number of imide groups is 2. The molecule has 11 nitrogen and oxygen atoms in total. The van der Waals surface area contributed by atoms with E-state index in [1.165, 1.54) is 5.57 Å². The molecule has 0 spiro atoms. The Balaban J connectivity index is 0.803. The predicted octanol–water partition coefficient (Wildman–Crippen LogP) is 5.69. The maximum Gasteiger partial charge on any atom is 0.262 e. The lowest BCUT2D eigenvalue weighted by Gasteiger charge is -2.40. The number of ether oxygens (including phenoxy) is 2. The summed E-state index contributed by atoms with van der Waals surface area (Å²) in [5.74, 6) is 0.0108. The molecule has 3 aromatic rings. The summed E-state index contributed by atoms with van der Waals surface area (Å²) in [6.07, 6.45) is 10.7. The Hall–Kier alpha value is -5.49. The normalized spacial score (nSPS) is 24.2. The molecular formula is C45H48FN5O6. The third-order valence-electron chi connectivity index (χ3n) is 12.9. The summed E-state index contributed by atoms with van der Waals surface area (Å²) in [6, 6.07) is 16.2. The van der Waals surface area contributed by atoms with E-state index >= 15 is 4.39 Å². The molecule has 3 fully saturated rings. The van der Waals surface area contributed by atoms with Crippen molar-refractivity contribution in [3.05, 3.63) is 106 Å². The highest BCUT2D eigenvalue weighted by atomic mass is 19.1. The summed E-state index contributed by atoms with van der Waals surface area (Å²) in [5.41, 5.74) is 5.51. The molecule has 0 bridgehead atoms. The van der Waals surface area contributed by atoms with E-state index in [4.69, 9.17) is 9.47 Å². The fraction of sp³-hybridized carbons (Fsp3) is 0.422. The number of piperidine rings is 2. The molecule has 3 atom stereocenters. The molecule has 3 unspecified atom stereocenters. The summed E-state index contributed by atoms with van der Waals surface area (Å²) >= 11 is 0. The number of carbonyl (C=O) groups excluding carboxylic acids is 4. The number of allylic oxidation sites excluding steroid dienone is 3. The monoisotopic (exact) mass is 773 g/mol. The number of nitrogens with zero attached hydrogens (tertiary/aromatic N) is 4. The van der Waals surface area contributed by atoms with Gasteiger partial charge in [-0.2, -0.15) is 0 Å². The van der Waals surface area contributed by atoms with Crippen molar-refractivity contribution >= 4 is 35.0 Å². The van der Waals surface area contributed by atoms with Gasteiger partial charge in [0.25, 0.3) is 11.8 Å². The van der Waals surface area contributed by atoms with Crippen molar-refractivity contribution in [3.63, 3.8) is 0 Å². The van der Waals surface area contributed by atoms with Crippen LogP contribution in [-0.4, -0.2) is 99.0 Å². The second-order valence-electron chi connectivity index (χ2n) is 16.1. The minimum atomic E-state index is -0.976. The van der Waals surface area contributed by atoms with Gasteiger partial charge in [0, 0.05) is 81.4 Å².